The highest BCUT2D eigenvalue weighted by Gasteiger charge is 2.27. The second-order valence-corrected chi connectivity index (χ2v) is 6.97. The highest BCUT2D eigenvalue weighted by molar-refractivity contribution is 5.58. The Hall–Kier alpha value is -1.76. The molecule has 3 rings (SSSR count). The van der Waals surface area contributed by atoms with Gasteiger partial charge in [0.2, 0.25) is 11.7 Å². The van der Waals surface area contributed by atoms with Crippen LogP contribution in [-0.4, -0.2) is 63.4 Å². The molecule has 136 valence electrons. The molecule has 6 heteroatoms. The summed E-state index contributed by atoms with van der Waals surface area (Å²) in [6, 6.07) is 8.54. The maximum atomic E-state index is 9.66. The Morgan fingerprint density at radius 1 is 1.32 bits per heavy atom. The lowest BCUT2D eigenvalue weighted by atomic mass is 10.1. The van der Waals surface area contributed by atoms with Crippen LogP contribution >= 0.6 is 0 Å². The van der Waals surface area contributed by atoms with Crippen molar-refractivity contribution in [1.82, 2.24) is 19.9 Å². The molecular weight excluding hydrogens is 316 g/mol. The Morgan fingerprint density at radius 2 is 2.12 bits per heavy atom. The molecule has 0 spiro atoms. The summed E-state index contributed by atoms with van der Waals surface area (Å²) >= 11 is 0. The second-order valence-electron chi connectivity index (χ2n) is 6.97. The number of aliphatic hydroxyl groups excluding tert-OH is 1. The molecule has 2 atom stereocenters. The minimum Gasteiger partial charge on any atom is -0.392 e. The lowest BCUT2D eigenvalue weighted by molar-refractivity contribution is 0.0302. The molecule has 1 aromatic heterocycles. The SMILES string of the molecule is CC[C@H]1CN(Cc2nc(-c3ccccc3C)no2)CCN1C[C@H](C)O. The maximum Gasteiger partial charge on any atom is 0.241 e. The number of piperazine rings is 1. The van der Waals surface area contributed by atoms with Gasteiger partial charge >= 0.3 is 0 Å². The van der Waals surface area contributed by atoms with Gasteiger partial charge in [-0.3, -0.25) is 9.80 Å². The van der Waals surface area contributed by atoms with Gasteiger partial charge in [-0.2, -0.15) is 4.98 Å². The van der Waals surface area contributed by atoms with Crippen LogP contribution in [-0.2, 0) is 6.54 Å². The lowest BCUT2D eigenvalue weighted by Crippen LogP contribution is -2.54. The van der Waals surface area contributed by atoms with Crippen LogP contribution in [0.25, 0.3) is 11.4 Å². The van der Waals surface area contributed by atoms with Crippen LogP contribution in [0.4, 0.5) is 0 Å². The van der Waals surface area contributed by atoms with Crippen molar-refractivity contribution in [2.45, 2.75) is 45.9 Å². The molecule has 0 unspecified atom stereocenters. The van der Waals surface area contributed by atoms with Crippen molar-refractivity contribution in [2.75, 3.05) is 26.2 Å². The van der Waals surface area contributed by atoms with Crippen molar-refractivity contribution in [3.05, 3.63) is 35.7 Å². The Labute approximate surface area is 149 Å². The first kappa shape index (κ1) is 18.0. The summed E-state index contributed by atoms with van der Waals surface area (Å²) in [5, 5.41) is 13.8. The summed E-state index contributed by atoms with van der Waals surface area (Å²) in [5.41, 5.74) is 2.17. The Bertz CT molecular complexity index is 686. The van der Waals surface area contributed by atoms with Crippen molar-refractivity contribution in [2.24, 2.45) is 0 Å². The van der Waals surface area contributed by atoms with Gasteiger partial charge in [0.05, 0.1) is 12.6 Å². The fraction of sp³-hybridized carbons (Fsp3) is 0.579. The zero-order chi connectivity index (χ0) is 17.8. The zero-order valence-electron chi connectivity index (χ0n) is 15.4. The number of hydrogen-bond acceptors (Lipinski definition) is 6. The number of aliphatic hydroxyl groups is 1. The van der Waals surface area contributed by atoms with E-state index in [1.54, 1.807) is 0 Å². The fourth-order valence-corrected chi connectivity index (χ4v) is 3.51. The first-order chi connectivity index (χ1) is 12.1. The van der Waals surface area contributed by atoms with E-state index in [2.05, 4.69) is 39.9 Å². The number of aromatic nitrogens is 2. The van der Waals surface area contributed by atoms with Crippen molar-refractivity contribution < 1.29 is 9.63 Å². The largest absolute Gasteiger partial charge is 0.392 e. The Morgan fingerprint density at radius 3 is 2.84 bits per heavy atom. The molecule has 0 aliphatic carbocycles. The standard InChI is InChI=1S/C19H28N4O2/c1-4-16-12-22(9-10-23(16)11-15(3)24)13-18-20-19(21-25-18)17-8-6-5-7-14(17)2/h5-8,15-16,24H,4,9-13H2,1-3H3/t15-,16-/m0/s1. The van der Waals surface area contributed by atoms with Crippen LogP contribution in [0.2, 0.25) is 0 Å². The van der Waals surface area contributed by atoms with E-state index in [0.29, 0.717) is 24.3 Å². The summed E-state index contributed by atoms with van der Waals surface area (Å²) in [4.78, 5) is 9.33. The van der Waals surface area contributed by atoms with E-state index in [0.717, 1.165) is 43.7 Å². The molecule has 1 aliphatic rings. The molecule has 2 aromatic rings. The average molecular weight is 344 g/mol. The Balaban J connectivity index is 1.63. The molecule has 2 heterocycles. The van der Waals surface area contributed by atoms with E-state index in [-0.39, 0.29) is 6.10 Å². The number of aryl methyl sites for hydroxylation is 1. The first-order valence-corrected chi connectivity index (χ1v) is 9.10. The van der Waals surface area contributed by atoms with Crippen LogP contribution in [0, 0.1) is 6.92 Å². The minimum atomic E-state index is -0.284. The smallest absolute Gasteiger partial charge is 0.241 e. The number of hydrogen-bond donors (Lipinski definition) is 1. The van der Waals surface area contributed by atoms with Crippen LogP contribution in [0.15, 0.2) is 28.8 Å². The van der Waals surface area contributed by atoms with Crippen molar-refractivity contribution in [1.29, 1.82) is 0 Å². The van der Waals surface area contributed by atoms with Crippen molar-refractivity contribution in [3.63, 3.8) is 0 Å². The molecule has 6 nitrogen and oxygen atoms in total. The van der Waals surface area contributed by atoms with E-state index in [1.807, 2.05) is 25.1 Å². The summed E-state index contributed by atoms with van der Waals surface area (Å²) in [6.07, 6.45) is 0.787. The summed E-state index contributed by atoms with van der Waals surface area (Å²) in [6.45, 7) is 10.4. The van der Waals surface area contributed by atoms with Crippen LogP contribution in [0.5, 0.6) is 0 Å². The third kappa shape index (κ3) is 4.45. The average Bonchev–Trinajstić information content (AvgIpc) is 3.04. The molecule has 1 N–H and O–H groups in total. The molecular formula is C19H28N4O2. The van der Waals surface area contributed by atoms with Crippen molar-refractivity contribution in [3.8, 4) is 11.4 Å². The minimum absolute atomic E-state index is 0.284. The maximum absolute atomic E-state index is 9.66. The summed E-state index contributed by atoms with van der Waals surface area (Å²) < 4.78 is 5.48. The number of benzene rings is 1. The molecule has 1 aliphatic heterocycles. The van der Waals surface area contributed by atoms with Crippen LogP contribution < -0.4 is 0 Å². The molecule has 0 amide bonds. The highest BCUT2D eigenvalue weighted by Crippen LogP contribution is 2.21. The summed E-state index contributed by atoms with van der Waals surface area (Å²) in [7, 11) is 0. The van der Waals surface area contributed by atoms with E-state index in [9.17, 15) is 5.11 Å². The van der Waals surface area contributed by atoms with Gasteiger partial charge in [0.25, 0.3) is 0 Å². The highest BCUT2D eigenvalue weighted by atomic mass is 16.5. The molecule has 1 fully saturated rings. The van der Waals surface area contributed by atoms with E-state index >= 15 is 0 Å². The molecule has 0 saturated carbocycles. The van der Waals surface area contributed by atoms with E-state index < -0.39 is 0 Å². The van der Waals surface area contributed by atoms with Crippen molar-refractivity contribution >= 4 is 0 Å². The predicted octanol–water partition coefficient (Wildman–Crippen LogP) is 2.32. The predicted molar refractivity (Wildman–Crippen MR) is 97.1 cm³/mol. The van der Waals surface area contributed by atoms with Gasteiger partial charge in [-0.25, -0.2) is 0 Å². The lowest BCUT2D eigenvalue weighted by Gasteiger charge is -2.41. The number of β-amino-alcohol motifs (C(OH)–C–C–N with tert-alkyl or cyclic N) is 1. The van der Waals surface area contributed by atoms with Crippen LogP contribution in [0.3, 0.4) is 0 Å². The topological polar surface area (TPSA) is 65.6 Å². The second kappa shape index (κ2) is 8.08. The molecule has 0 radical (unpaired) electrons. The summed E-state index contributed by atoms with van der Waals surface area (Å²) in [5.74, 6) is 1.32. The van der Waals surface area contributed by atoms with Gasteiger partial charge in [0.1, 0.15) is 0 Å². The van der Waals surface area contributed by atoms with Gasteiger partial charge in [0, 0.05) is 37.8 Å². The Kier molecular flexibility index (Phi) is 5.83. The molecule has 0 bridgehead atoms. The number of nitrogens with zero attached hydrogens (tertiary/aromatic N) is 4. The zero-order valence-corrected chi connectivity index (χ0v) is 15.4. The van der Waals surface area contributed by atoms with Gasteiger partial charge in [-0.05, 0) is 25.8 Å². The normalized spacial score (nSPS) is 20.7. The van der Waals surface area contributed by atoms with E-state index in [1.165, 1.54) is 0 Å². The van der Waals surface area contributed by atoms with E-state index in [4.69, 9.17) is 4.52 Å². The quantitative estimate of drug-likeness (QED) is 0.867. The first-order valence-electron chi connectivity index (χ1n) is 9.10. The van der Waals surface area contributed by atoms with Crippen LogP contribution in [0.1, 0.15) is 31.7 Å². The third-order valence-electron chi connectivity index (χ3n) is 4.87. The molecule has 25 heavy (non-hydrogen) atoms. The van der Waals surface area contributed by atoms with Gasteiger partial charge in [0.15, 0.2) is 0 Å². The fourth-order valence-electron chi connectivity index (χ4n) is 3.51. The molecule has 1 saturated heterocycles. The van der Waals surface area contributed by atoms with Gasteiger partial charge in [-0.15, -0.1) is 0 Å². The molecule has 1 aromatic carbocycles. The van der Waals surface area contributed by atoms with Gasteiger partial charge < -0.3 is 9.63 Å². The third-order valence-corrected chi connectivity index (χ3v) is 4.87. The number of rotatable bonds is 6. The monoisotopic (exact) mass is 344 g/mol. The van der Waals surface area contributed by atoms with Gasteiger partial charge in [-0.1, -0.05) is 36.3 Å².